The van der Waals surface area contributed by atoms with E-state index in [1.807, 2.05) is 0 Å². The maximum absolute atomic E-state index is 12.5. The minimum Gasteiger partial charge on any atom is -0.409 e. The molecular weight excluding hydrogens is 270 g/mol. The fourth-order valence-corrected chi connectivity index (χ4v) is 2.91. The highest BCUT2D eigenvalue weighted by Gasteiger charge is 2.37. The van der Waals surface area contributed by atoms with Gasteiger partial charge in [-0.25, -0.2) is 4.98 Å². The highest BCUT2D eigenvalue weighted by Crippen LogP contribution is 2.27. The van der Waals surface area contributed by atoms with E-state index < -0.39 is 5.54 Å². The molecule has 0 spiro atoms. The maximum Gasteiger partial charge on any atom is 0.270 e. The quantitative estimate of drug-likeness (QED) is 0.339. The first-order valence-electron chi connectivity index (χ1n) is 7.36. The van der Waals surface area contributed by atoms with Crippen LogP contribution in [0.25, 0.3) is 0 Å². The van der Waals surface area contributed by atoms with E-state index >= 15 is 0 Å². The smallest absolute Gasteiger partial charge is 0.270 e. The number of carbonyl (C=O) groups excluding carboxylic acids is 1. The van der Waals surface area contributed by atoms with Gasteiger partial charge in [0.05, 0.1) is 12.5 Å². The van der Waals surface area contributed by atoms with Crippen LogP contribution in [0.15, 0.2) is 17.7 Å². The van der Waals surface area contributed by atoms with Crippen LogP contribution in [-0.2, 0) is 7.05 Å². The lowest BCUT2D eigenvalue weighted by Crippen LogP contribution is -2.58. The zero-order chi connectivity index (χ0) is 15.3. The molecule has 7 heteroatoms. The Kier molecular flexibility index (Phi) is 4.82. The van der Waals surface area contributed by atoms with Crippen molar-refractivity contribution in [3.05, 3.63) is 18.2 Å². The average Bonchev–Trinajstić information content (AvgIpc) is 2.87. The van der Waals surface area contributed by atoms with Crippen LogP contribution in [-0.4, -0.2) is 32.0 Å². The van der Waals surface area contributed by atoms with Gasteiger partial charge in [0, 0.05) is 7.05 Å². The number of imidazole rings is 1. The highest BCUT2D eigenvalue weighted by molar-refractivity contribution is 5.99. The number of aryl methyl sites for hydroxylation is 1. The number of nitrogens with two attached hydrogens (primary N) is 1. The Labute approximate surface area is 124 Å². The Balaban J connectivity index is 2.23. The number of amidine groups is 1. The van der Waals surface area contributed by atoms with Crippen LogP contribution in [0.2, 0.25) is 0 Å². The van der Waals surface area contributed by atoms with E-state index in [0.717, 1.165) is 25.7 Å². The average molecular weight is 293 g/mol. The third kappa shape index (κ3) is 3.34. The number of rotatable bonds is 3. The summed E-state index contributed by atoms with van der Waals surface area (Å²) < 4.78 is 1.65. The molecule has 0 bridgehead atoms. The number of hydrogen-bond donors (Lipinski definition) is 3. The van der Waals surface area contributed by atoms with E-state index in [2.05, 4.69) is 15.5 Å². The van der Waals surface area contributed by atoms with E-state index in [4.69, 9.17) is 10.9 Å². The number of oxime groups is 1. The minimum atomic E-state index is -0.767. The molecule has 0 aliphatic heterocycles. The molecule has 0 saturated heterocycles. The molecule has 0 atom stereocenters. The zero-order valence-corrected chi connectivity index (χ0v) is 12.4. The number of nitrogens with zero attached hydrogens (tertiary/aromatic N) is 3. The van der Waals surface area contributed by atoms with E-state index in [9.17, 15) is 4.79 Å². The Morgan fingerprint density at radius 2 is 2.00 bits per heavy atom. The summed E-state index contributed by atoms with van der Waals surface area (Å²) >= 11 is 0. The summed E-state index contributed by atoms with van der Waals surface area (Å²) in [5.41, 5.74) is 5.60. The van der Waals surface area contributed by atoms with E-state index in [1.165, 1.54) is 12.6 Å². The predicted molar refractivity (Wildman–Crippen MR) is 79.1 cm³/mol. The van der Waals surface area contributed by atoms with Crippen molar-refractivity contribution in [3.63, 3.8) is 0 Å². The Morgan fingerprint density at radius 1 is 1.38 bits per heavy atom. The lowest BCUT2D eigenvalue weighted by atomic mass is 9.82. The van der Waals surface area contributed by atoms with Crippen LogP contribution in [0, 0.1) is 0 Å². The fraction of sp³-hybridized carbons (Fsp3) is 0.643. The standard InChI is InChI=1S/C14H23N5O2/c1-19-10-16-9-11(19)12(20)17-14(13(15)18-21)7-5-3-2-4-6-8-14/h9-10,21H,2-8H2,1H3,(H2,15,18)(H,17,20). The van der Waals surface area contributed by atoms with Crippen molar-refractivity contribution in [2.24, 2.45) is 17.9 Å². The van der Waals surface area contributed by atoms with Gasteiger partial charge in [-0.05, 0) is 12.8 Å². The monoisotopic (exact) mass is 293 g/mol. The van der Waals surface area contributed by atoms with Gasteiger partial charge in [0.1, 0.15) is 11.2 Å². The summed E-state index contributed by atoms with van der Waals surface area (Å²) in [4.78, 5) is 16.4. The van der Waals surface area contributed by atoms with Gasteiger partial charge in [-0.2, -0.15) is 0 Å². The summed E-state index contributed by atoms with van der Waals surface area (Å²) in [6.45, 7) is 0. The van der Waals surface area contributed by atoms with Crippen LogP contribution in [0.5, 0.6) is 0 Å². The van der Waals surface area contributed by atoms with E-state index in [-0.39, 0.29) is 11.7 Å². The molecule has 0 aromatic carbocycles. The first-order valence-corrected chi connectivity index (χ1v) is 7.36. The summed E-state index contributed by atoms with van der Waals surface area (Å²) in [5.74, 6) is -0.165. The maximum atomic E-state index is 12.5. The van der Waals surface area contributed by atoms with E-state index in [1.54, 1.807) is 17.9 Å². The van der Waals surface area contributed by atoms with Gasteiger partial charge in [0.2, 0.25) is 0 Å². The van der Waals surface area contributed by atoms with Crippen molar-refractivity contribution in [2.45, 2.75) is 50.5 Å². The van der Waals surface area contributed by atoms with Gasteiger partial charge in [-0.15, -0.1) is 0 Å². The van der Waals surface area contributed by atoms with Crippen molar-refractivity contribution in [1.82, 2.24) is 14.9 Å². The summed E-state index contributed by atoms with van der Waals surface area (Å²) in [6, 6.07) is 0. The predicted octanol–water partition coefficient (Wildman–Crippen LogP) is 1.38. The van der Waals surface area contributed by atoms with Crippen LogP contribution >= 0.6 is 0 Å². The van der Waals surface area contributed by atoms with Crippen LogP contribution in [0.1, 0.15) is 55.4 Å². The second kappa shape index (κ2) is 6.60. The molecule has 1 heterocycles. The molecule has 4 N–H and O–H groups in total. The van der Waals surface area contributed by atoms with Crippen molar-refractivity contribution in [3.8, 4) is 0 Å². The molecule has 0 radical (unpaired) electrons. The highest BCUT2D eigenvalue weighted by atomic mass is 16.4. The van der Waals surface area contributed by atoms with Crippen molar-refractivity contribution in [2.75, 3.05) is 0 Å². The van der Waals surface area contributed by atoms with Crippen LogP contribution in [0.3, 0.4) is 0 Å². The minimum absolute atomic E-state index is 0.0833. The molecule has 1 fully saturated rings. The van der Waals surface area contributed by atoms with E-state index in [0.29, 0.717) is 18.5 Å². The molecule has 1 amide bonds. The topological polar surface area (TPSA) is 106 Å². The SMILES string of the molecule is Cn1cncc1C(=O)NC1(/C(N)=N/O)CCCCCCC1. The second-order valence-corrected chi connectivity index (χ2v) is 5.68. The van der Waals surface area contributed by atoms with Gasteiger partial charge < -0.3 is 20.8 Å². The van der Waals surface area contributed by atoms with Crippen molar-refractivity contribution < 1.29 is 10.0 Å². The Hall–Kier alpha value is -2.05. The molecule has 1 aliphatic carbocycles. The van der Waals surface area contributed by atoms with Crippen LogP contribution < -0.4 is 11.1 Å². The van der Waals surface area contributed by atoms with Gasteiger partial charge in [0.15, 0.2) is 5.84 Å². The summed E-state index contributed by atoms with van der Waals surface area (Å²) in [7, 11) is 1.76. The summed E-state index contributed by atoms with van der Waals surface area (Å²) in [6.07, 6.45) is 9.75. The summed E-state index contributed by atoms with van der Waals surface area (Å²) in [5, 5.41) is 15.3. The number of nitrogens with one attached hydrogen (secondary N) is 1. The van der Waals surface area contributed by atoms with Gasteiger partial charge in [0.25, 0.3) is 5.91 Å². The van der Waals surface area contributed by atoms with Crippen LogP contribution in [0.4, 0.5) is 0 Å². The third-order valence-corrected chi connectivity index (χ3v) is 4.21. The Morgan fingerprint density at radius 3 is 2.52 bits per heavy atom. The molecule has 116 valence electrons. The van der Waals surface area contributed by atoms with Crippen molar-refractivity contribution in [1.29, 1.82) is 0 Å². The zero-order valence-electron chi connectivity index (χ0n) is 12.4. The molecule has 2 rings (SSSR count). The number of carbonyl (C=O) groups is 1. The molecule has 1 saturated carbocycles. The number of amides is 1. The molecule has 21 heavy (non-hydrogen) atoms. The molecular formula is C14H23N5O2. The van der Waals surface area contributed by atoms with Gasteiger partial charge >= 0.3 is 0 Å². The number of aromatic nitrogens is 2. The lowest BCUT2D eigenvalue weighted by Gasteiger charge is -2.35. The van der Waals surface area contributed by atoms with Gasteiger partial charge in [-0.3, -0.25) is 4.79 Å². The molecule has 1 aliphatic rings. The fourth-order valence-electron chi connectivity index (χ4n) is 2.91. The number of hydrogen-bond acceptors (Lipinski definition) is 4. The second-order valence-electron chi connectivity index (χ2n) is 5.68. The molecule has 1 aromatic heterocycles. The van der Waals surface area contributed by atoms with Crippen molar-refractivity contribution >= 4 is 11.7 Å². The Bertz CT molecular complexity index is 515. The van der Waals surface area contributed by atoms with Gasteiger partial charge in [-0.1, -0.05) is 37.3 Å². The third-order valence-electron chi connectivity index (χ3n) is 4.21. The molecule has 0 unspecified atom stereocenters. The first-order chi connectivity index (χ1) is 10.1. The largest absolute Gasteiger partial charge is 0.409 e. The molecule has 7 nitrogen and oxygen atoms in total. The molecule has 1 aromatic rings. The lowest BCUT2D eigenvalue weighted by molar-refractivity contribution is 0.0902. The first kappa shape index (κ1) is 15.3. The normalized spacial score (nSPS) is 19.6.